The van der Waals surface area contributed by atoms with Crippen molar-refractivity contribution in [2.24, 2.45) is 4.99 Å². The average molecular weight is 361 g/mol. The molecule has 0 aromatic heterocycles. The second kappa shape index (κ2) is 10.7. The second-order valence-corrected chi connectivity index (χ2v) is 6.82. The molecule has 0 unspecified atom stereocenters. The fourth-order valence-electron chi connectivity index (χ4n) is 3.33. The quantitative estimate of drug-likeness (QED) is 0.515. The van der Waals surface area contributed by atoms with Crippen LogP contribution in [-0.2, 0) is 11.2 Å². The molecule has 1 aromatic rings. The molecular weight excluding hydrogens is 328 g/mol. The molecule has 144 valence electrons. The fourth-order valence-corrected chi connectivity index (χ4v) is 3.33. The van der Waals surface area contributed by atoms with Crippen LogP contribution in [0.5, 0.6) is 5.75 Å². The zero-order valence-corrected chi connectivity index (χ0v) is 16.2. The van der Waals surface area contributed by atoms with Crippen LogP contribution in [0.1, 0.15) is 43.2 Å². The van der Waals surface area contributed by atoms with Crippen molar-refractivity contribution in [1.82, 2.24) is 16.0 Å². The van der Waals surface area contributed by atoms with Gasteiger partial charge in [-0.3, -0.25) is 9.79 Å². The Balaban J connectivity index is 1.72. The SMILES string of the molecule is CN=C(NCCc1cc(C)ccc1OC)NCC(=O)NC1CCCCC1. The van der Waals surface area contributed by atoms with Crippen LogP contribution in [0.4, 0.5) is 0 Å². The number of nitrogens with one attached hydrogen (secondary N) is 3. The molecule has 3 N–H and O–H groups in total. The van der Waals surface area contributed by atoms with Gasteiger partial charge in [0.05, 0.1) is 13.7 Å². The van der Waals surface area contributed by atoms with Crippen molar-refractivity contribution < 1.29 is 9.53 Å². The number of aryl methyl sites for hydroxylation is 1. The lowest BCUT2D eigenvalue weighted by molar-refractivity contribution is -0.120. The van der Waals surface area contributed by atoms with E-state index in [1.807, 2.05) is 12.1 Å². The minimum Gasteiger partial charge on any atom is -0.496 e. The van der Waals surface area contributed by atoms with Crippen LogP contribution in [0.2, 0.25) is 0 Å². The summed E-state index contributed by atoms with van der Waals surface area (Å²) in [7, 11) is 3.40. The van der Waals surface area contributed by atoms with Crippen LogP contribution in [0, 0.1) is 6.92 Å². The van der Waals surface area contributed by atoms with Gasteiger partial charge in [0.1, 0.15) is 5.75 Å². The zero-order chi connectivity index (χ0) is 18.8. The molecular formula is C20H32N4O2. The van der Waals surface area contributed by atoms with Crippen molar-refractivity contribution in [1.29, 1.82) is 0 Å². The van der Waals surface area contributed by atoms with Gasteiger partial charge < -0.3 is 20.7 Å². The standard InChI is InChI=1S/C20H32N4O2/c1-15-9-10-18(26-3)16(13-15)11-12-22-20(21-2)23-14-19(25)24-17-7-5-4-6-8-17/h9-10,13,17H,4-8,11-12,14H2,1-3H3,(H,24,25)(H2,21,22,23). The van der Waals surface area contributed by atoms with Crippen molar-refractivity contribution in [2.75, 3.05) is 27.2 Å². The van der Waals surface area contributed by atoms with Gasteiger partial charge in [0, 0.05) is 19.6 Å². The van der Waals surface area contributed by atoms with Gasteiger partial charge in [-0.2, -0.15) is 0 Å². The summed E-state index contributed by atoms with van der Waals surface area (Å²) in [5, 5.41) is 9.43. The van der Waals surface area contributed by atoms with Gasteiger partial charge in [0.15, 0.2) is 5.96 Å². The number of carbonyl (C=O) groups is 1. The highest BCUT2D eigenvalue weighted by Gasteiger charge is 2.15. The summed E-state index contributed by atoms with van der Waals surface area (Å²) in [5.41, 5.74) is 2.37. The molecule has 2 rings (SSSR count). The van der Waals surface area contributed by atoms with Gasteiger partial charge in [-0.15, -0.1) is 0 Å². The Bertz CT molecular complexity index is 610. The highest BCUT2D eigenvalue weighted by Crippen LogP contribution is 2.19. The highest BCUT2D eigenvalue weighted by molar-refractivity contribution is 5.86. The van der Waals surface area contributed by atoms with Gasteiger partial charge in [-0.05, 0) is 37.8 Å². The van der Waals surface area contributed by atoms with Crippen molar-refractivity contribution >= 4 is 11.9 Å². The molecule has 0 aliphatic heterocycles. The molecule has 0 radical (unpaired) electrons. The lowest BCUT2D eigenvalue weighted by Crippen LogP contribution is -2.46. The molecule has 1 saturated carbocycles. The minimum absolute atomic E-state index is 0.0280. The second-order valence-electron chi connectivity index (χ2n) is 6.82. The van der Waals surface area contributed by atoms with Crippen LogP contribution in [-0.4, -0.2) is 45.2 Å². The Morgan fingerprint density at radius 2 is 2.00 bits per heavy atom. The fraction of sp³-hybridized carbons (Fsp3) is 0.600. The molecule has 1 amide bonds. The van der Waals surface area contributed by atoms with E-state index in [9.17, 15) is 4.79 Å². The van der Waals surface area contributed by atoms with Crippen molar-refractivity contribution in [3.8, 4) is 5.75 Å². The lowest BCUT2D eigenvalue weighted by Gasteiger charge is -2.23. The van der Waals surface area contributed by atoms with E-state index in [-0.39, 0.29) is 12.5 Å². The summed E-state index contributed by atoms with van der Waals surface area (Å²) in [6.45, 7) is 3.02. The van der Waals surface area contributed by atoms with Crippen molar-refractivity contribution in [3.63, 3.8) is 0 Å². The summed E-state index contributed by atoms with van der Waals surface area (Å²) in [6.07, 6.45) is 6.72. The summed E-state index contributed by atoms with van der Waals surface area (Å²) in [6, 6.07) is 6.50. The molecule has 26 heavy (non-hydrogen) atoms. The van der Waals surface area contributed by atoms with E-state index >= 15 is 0 Å². The van der Waals surface area contributed by atoms with Crippen molar-refractivity contribution in [3.05, 3.63) is 29.3 Å². The number of aliphatic imine (C=N–C) groups is 1. The summed E-state index contributed by atoms with van der Waals surface area (Å²) in [5.74, 6) is 1.56. The Morgan fingerprint density at radius 3 is 2.69 bits per heavy atom. The van der Waals surface area contributed by atoms with E-state index in [4.69, 9.17) is 4.74 Å². The topological polar surface area (TPSA) is 74.8 Å². The molecule has 1 aromatic carbocycles. The molecule has 0 atom stereocenters. The number of hydrogen-bond donors (Lipinski definition) is 3. The van der Waals surface area contributed by atoms with Crippen LogP contribution in [0.25, 0.3) is 0 Å². The summed E-state index contributed by atoms with van der Waals surface area (Å²) in [4.78, 5) is 16.3. The first-order valence-electron chi connectivity index (χ1n) is 9.49. The first kappa shape index (κ1) is 20.1. The third-order valence-corrected chi connectivity index (χ3v) is 4.73. The molecule has 0 spiro atoms. The average Bonchev–Trinajstić information content (AvgIpc) is 2.65. The van der Waals surface area contributed by atoms with Gasteiger partial charge in [0.2, 0.25) is 5.91 Å². The monoisotopic (exact) mass is 360 g/mol. The van der Waals surface area contributed by atoms with E-state index in [1.165, 1.54) is 24.8 Å². The number of benzene rings is 1. The summed E-state index contributed by atoms with van der Waals surface area (Å²) >= 11 is 0. The maximum absolute atomic E-state index is 12.1. The Kier molecular flexibility index (Phi) is 8.25. The smallest absolute Gasteiger partial charge is 0.239 e. The number of hydrogen-bond acceptors (Lipinski definition) is 3. The minimum atomic E-state index is 0.0280. The van der Waals surface area contributed by atoms with Crippen LogP contribution < -0.4 is 20.7 Å². The van der Waals surface area contributed by atoms with E-state index in [1.54, 1.807) is 14.2 Å². The summed E-state index contributed by atoms with van der Waals surface area (Å²) < 4.78 is 5.41. The predicted octanol–water partition coefficient (Wildman–Crippen LogP) is 2.16. The molecule has 0 saturated heterocycles. The van der Waals surface area contributed by atoms with Gasteiger partial charge in [-0.1, -0.05) is 37.0 Å². The number of ether oxygens (including phenoxy) is 1. The maximum Gasteiger partial charge on any atom is 0.239 e. The zero-order valence-electron chi connectivity index (χ0n) is 16.2. The van der Waals surface area contributed by atoms with Crippen LogP contribution >= 0.6 is 0 Å². The van der Waals surface area contributed by atoms with Crippen LogP contribution in [0.15, 0.2) is 23.2 Å². The Morgan fingerprint density at radius 1 is 1.23 bits per heavy atom. The molecule has 0 bridgehead atoms. The largest absolute Gasteiger partial charge is 0.496 e. The van der Waals surface area contributed by atoms with Gasteiger partial charge in [-0.25, -0.2) is 0 Å². The van der Waals surface area contributed by atoms with E-state index in [0.29, 0.717) is 18.5 Å². The first-order chi connectivity index (χ1) is 12.6. The molecule has 6 heteroatoms. The Labute approximate surface area is 156 Å². The molecule has 1 aliphatic carbocycles. The maximum atomic E-state index is 12.1. The molecule has 1 fully saturated rings. The lowest BCUT2D eigenvalue weighted by atomic mass is 9.95. The number of guanidine groups is 1. The predicted molar refractivity (Wildman–Crippen MR) is 106 cm³/mol. The number of carbonyl (C=O) groups excluding carboxylic acids is 1. The molecule has 0 heterocycles. The van der Waals surface area contributed by atoms with Crippen molar-refractivity contribution in [2.45, 2.75) is 51.5 Å². The van der Waals surface area contributed by atoms with E-state index < -0.39 is 0 Å². The van der Waals surface area contributed by atoms with E-state index in [0.717, 1.165) is 30.6 Å². The molecule has 1 aliphatic rings. The van der Waals surface area contributed by atoms with Gasteiger partial charge in [0.25, 0.3) is 0 Å². The number of amides is 1. The number of methoxy groups -OCH3 is 1. The third-order valence-electron chi connectivity index (χ3n) is 4.73. The third kappa shape index (κ3) is 6.58. The first-order valence-corrected chi connectivity index (χ1v) is 9.49. The highest BCUT2D eigenvalue weighted by atomic mass is 16.5. The number of nitrogens with zero attached hydrogens (tertiary/aromatic N) is 1. The van der Waals surface area contributed by atoms with Crippen LogP contribution in [0.3, 0.4) is 0 Å². The van der Waals surface area contributed by atoms with Gasteiger partial charge >= 0.3 is 0 Å². The normalized spacial score (nSPS) is 15.4. The number of rotatable bonds is 7. The Hall–Kier alpha value is -2.24. The molecule has 6 nitrogen and oxygen atoms in total. The van der Waals surface area contributed by atoms with E-state index in [2.05, 4.69) is 33.9 Å².